The Morgan fingerprint density at radius 3 is 2.75 bits per heavy atom. The van der Waals surface area contributed by atoms with Gasteiger partial charge in [0.25, 0.3) is 0 Å². The molecule has 2 rings (SSSR count). The molecule has 2 aliphatic rings. The number of fused-ring (bicyclic) bond motifs is 1. The number of hydrogen-bond acceptors (Lipinski definition) is 2. The minimum atomic E-state index is 0.490. The van der Waals surface area contributed by atoms with Gasteiger partial charge >= 0.3 is 0 Å². The maximum absolute atomic E-state index is 2.74. The van der Waals surface area contributed by atoms with Gasteiger partial charge in [0.2, 0.25) is 0 Å². The summed E-state index contributed by atoms with van der Waals surface area (Å²) in [5.41, 5.74) is 0.490. The molecule has 2 aliphatic heterocycles. The van der Waals surface area contributed by atoms with Crippen molar-refractivity contribution in [3.8, 4) is 0 Å². The Labute approximate surface area is 101 Å². The van der Waals surface area contributed by atoms with E-state index in [0.29, 0.717) is 5.54 Å². The van der Waals surface area contributed by atoms with Gasteiger partial charge in [-0.15, -0.1) is 0 Å². The largest absolute Gasteiger partial charge is 0.300 e. The Balaban J connectivity index is 1.91. The Hall–Kier alpha value is -0.0800. The SMILES string of the molecule is CCC(C)CN1CCN2CCCC[C@]2(C)C1. The van der Waals surface area contributed by atoms with Crippen LogP contribution >= 0.6 is 0 Å². The molecule has 0 bridgehead atoms. The first-order valence-electron chi connectivity index (χ1n) is 7.11. The van der Waals surface area contributed by atoms with Crippen LogP contribution in [0.2, 0.25) is 0 Å². The summed E-state index contributed by atoms with van der Waals surface area (Å²) in [5, 5.41) is 0. The molecule has 0 saturated carbocycles. The van der Waals surface area contributed by atoms with E-state index in [9.17, 15) is 0 Å². The molecule has 0 aromatic heterocycles. The van der Waals surface area contributed by atoms with Crippen LogP contribution in [0.4, 0.5) is 0 Å². The Kier molecular flexibility index (Phi) is 3.91. The monoisotopic (exact) mass is 224 g/mol. The standard InChI is InChI=1S/C14H28N2/c1-4-13(2)11-15-9-10-16-8-6-5-7-14(16,3)12-15/h13H,4-12H2,1-3H3/t13?,14-/m1/s1. The summed E-state index contributed by atoms with van der Waals surface area (Å²) in [5.74, 6) is 0.860. The highest BCUT2D eigenvalue weighted by Gasteiger charge is 2.38. The first kappa shape index (κ1) is 12.4. The van der Waals surface area contributed by atoms with Gasteiger partial charge in [-0.3, -0.25) is 9.80 Å². The Morgan fingerprint density at radius 1 is 1.19 bits per heavy atom. The number of piperidine rings is 1. The molecule has 2 heterocycles. The lowest BCUT2D eigenvalue weighted by Crippen LogP contribution is -2.62. The van der Waals surface area contributed by atoms with Crippen LogP contribution < -0.4 is 0 Å². The maximum atomic E-state index is 2.74. The maximum Gasteiger partial charge on any atom is 0.0308 e. The Bertz CT molecular complexity index is 229. The van der Waals surface area contributed by atoms with Crippen molar-refractivity contribution in [3.05, 3.63) is 0 Å². The van der Waals surface area contributed by atoms with E-state index in [-0.39, 0.29) is 0 Å². The van der Waals surface area contributed by atoms with Crippen LogP contribution in [0.15, 0.2) is 0 Å². The van der Waals surface area contributed by atoms with Crippen LogP contribution in [0.3, 0.4) is 0 Å². The van der Waals surface area contributed by atoms with Gasteiger partial charge in [-0.2, -0.15) is 0 Å². The van der Waals surface area contributed by atoms with Crippen LogP contribution in [0, 0.1) is 5.92 Å². The third-order valence-corrected chi connectivity index (χ3v) is 4.67. The van der Waals surface area contributed by atoms with Gasteiger partial charge in [0, 0.05) is 31.7 Å². The van der Waals surface area contributed by atoms with E-state index in [0.717, 1.165) is 5.92 Å². The summed E-state index contributed by atoms with van der Waals surface area (Å²) in [6, 6.07) is 0. The molecule has 0 aliphatic carbocycles. The summed E-state index contributed by atoms with van der Waals surface area (Å²) in [4.78, 5) is 5.44. The van der Waals surface area contributed by atoms with Gasteiger partial charge in [0.05, 0.1) is 0 Å². The molecule has 0 aromatic carbocycles. The van der Waals surface area contributed by atoms with Gasteiger partial charge in [-0.05, 0) is 32.2 Å². The zero-order chi connectivity index (χ0) is 11.6. The summed E-state index contributed by atoms with van der Waals surface area (Å²) in [6.07, 6.45) is 5.58. The molecule has 0 N–H and O–H groups in total. The predicted molar refractivity (Wildman–Crippen MR) is 69.7 cm³/mol. The zero-order valence-electron chi connectivity index (χ0n) is 11.3. The van der Waals surface area contributed by atoms with Crippen molar-refractivity contribution in [1.29, 1.82) is 0 Å². The first-order chi connectivity index (χ1) is 7.64. The smallest absolute Gasteiger partial charge is 0.0308 e. The topological polar surface area (TPSA) is 6.48 Å². The molecule has 2 saturated heterocycles. The lowest BCUT2D eigenvalue weighted by atomic mass is 9.86. The van der Waals surface area contributed by atoms with Crippen molar-refractivity contribution in [2.45, 2.75) is 52.0 Å². The second-order valence-corrected chi connectivity index (χ2v) is 6.19. The molecule has 0 radical (unpaired) electrons. The number of nitrogens with zero attached hydrogens (tertiary/aromatic N) is 2. The fourth-order valence-corrected chi connectivity index (χ4v) is 3.35. The average molecular weight is 224 g/mol. The molecule has 94 valence electrons. The average Bonchev–Trinajstić information content (AvgIpc) is 2.27. The van der Waals surface area contributed by atoms with E-state index < -0.39 is 0 Å². The molecular formula is C14H28N2. The molecule has 0 aromatic rings. The van der Waals surface area contributed by atoms with Crippen molar-refractivity contribution in [2.75, 3.05) is 32.7 Å². The minimum absolute atomic E-state index is 0.490. The third-order valence-electron chi connectivity index (χ3n) is 4.67. The third kappa shape index (κ3) is 2.60. The van der Waals surface area contributed by atoms with E-state index in [1.54, 1.807) is 0 Å². The molecule has 2 fully saturated rings. The number of rotatable bonds is 3. The summed E-state index contributed by atoms with van der Waals surface area (Å²) in [6.45, 7) is 13.7. The second-order valence-electron chi connectivity index (χ2n) is 6.19. The van der Waals surface area contributed by atoms with E-state index in [1.807, 2.05) is 0 Å². The van der Waals surface area contributed by atoms with E-state index in [4.69, 9.17) is 0 Å². The van der Waals surface area contributed by atoms with Crippen molar-refractivity contribution in [2.24, 2.45) is 5.92 Å². The normalized spacial score (nSPS) is 34.7. The lowest BCUT2D eigenvalue weighted by molar-refractivity contribution is -0.0215. The van der Waals surface area contributed by atoms with Crippen LogP contribution in [-0.2, 0) is 0 Å². The molecule has 0 spiro atoms. The van der Waals surface area contributed by atoms with Crippen molar-refractivity contribution >= 4 is 0 Å². The fourth-order valence-electron chi connectivity index (χ4n) is 3.35. The van der Waals surface area contributed by atoms with E-state index in [1.165, 1.54) is 58.4 Å². The summed E-state index contributed by atoms with van der Waals surface area (Å²) in [7, 11) is 0. The molecule has 2 atom stereocenters. The minimum Gasteiger partial charge on any atom is -0.300 e. The highest BCUT2D eigenvalue weighted by Crippen LogP contribution is 2.31. The van der Waals surface area contributed by atoms with E-state index >= 15 is 0 Å². The Morgan fingerprint density at radius 2 is 2.00 bits per heavy atom. The van der Waals surface area contributed by atoms with Crippen molar-refractivity contribution in [1.82, 2.24) is 9.80 Å². The first-order valence-corrected chi connectivity index (χ1v) is 7.11. The van der Waals surface area contributed by atoms with Gasteiger partial charge in [0.1, 0.15) is 0 Å². The van der Waals surface area contributed by atoms with E-state index in [2.05, 4.69) is 30.6 Å². The second kappa shape index (κ2) is 5.05. The lowest BCUT2D eigenvalue weighted by Gasteiger charge is -2.52. The van der Waals surface area contributed by atoms with Crippen LogP contribution in [0.5, 0.6) is 0 Å². The molecule has 2 heteroatoms. The molecule has 16 heavy (non-hydrogen) atoms. The summed E-state index contributed by atoms with van der Waals surface area (Å²) < 4.78 is 0. The summed E-state index contributed by atoms with van der Waals surface area (Å²) >= 11 is 0. The van der Waals surface area contributed by atoms with Crippen molar-refractivity contribution < 1.29 is 0 Å². The highest BCUT2D eigenvalue weighted by molar-refractivity contribution is 4.96. The van der Waals surface area contributed by atoms with Gasteiger partial charge in [-0.1, -0.05) is 26.7 Å². The molecular weight excluding hydrogens is 196 g/mol. The predicted octanol–water partition coefficient (Wildman–Crippen LogP) is 2.59. The quantitative estimate of drug-likeness (QED) is 0.727. The van der Waals surface area contributed by atoms with Crippen LogP contribution in [0.1, 0.15) is 46.5 Å². The zero-order valence-corrected chi connectivity index (χ0v) is 11.3. The van der Waals surface area contributed by atoms with Gasteiger partial charge in [-0.25, -0.2) is 0 Å². The van der Waals surface area contributed by atoms with Crippen LogP contribution in [-0.4, -0.2) is 48.1 Å². The molecule has 2 nitrogen and oxygen atoms in total. The fraction of sp³-hybridized carbons (Fsp3) is 1.00. The van der Waals surface area contributed by atoms with Gasteiger partial charge < -0.3 is 0 Å². The molecule has 0 amide bonds. The van der Waals surface area contributed by atoms with Crippen molar-refractivity contribution in [3.63, 3.8) is 0 Å². The highest BCUT2D eigenvalue weighted by atomic mass is 15.3. The number of piperazine rings is 1. The van der Waals surface area contributed by atoms with Crippen LogP contribution in [0.25, 0.3) is 0 Å². The molecule has 1 unspecified atom stereocenters. The number of hydrogen-bond donors (Lipinski definition) is 0. The van der Waals surface area contributed by atoms with Gasteiger partial charge in [0.15, 0.2) is 0 Å².